The molecule has 6 nitrogen and oxygen atoms in total. The van der Waals surface area contributed by atoms with Gasteiger partial charge in [0.05, 0.1) is 12.9 Å². The van der Waals surface area contributed by atoms with Gasteiger partial charge in [0.25, 0.3) is 0 Å². The summed E-state index contributed by atoms with van der Waals surface area (Å²) in [6, 6.07) is 7.68. The molecule has 7 heteroatoms. The highest BCUT2D eigenvalue weighted by Crippen LogP contribution is 2.23. The van der Waals surface area contributed by atoms with Crippen LogP contribution in [0.5, 0.6) is 0 Å². The summed E-state index contributed by atoms with van der Waals surface area (Å²) in [5, 5.41) is 2.79. The molecule has 0 unspecified atom stereocenters. The molecule has 0 atom stereocenters. The van der Waals surface area contributed by atoms with Crippen molar-refractivity contribution >= 4 is 21.6 Å². The third kappa shape index (κ3) is 6.98. The quantitative estimate of drug-likeness (QED) is 0.775. The summed E-state index contributed by atoms with van der Waals surface area (Å²) in [6.07, 6.45) is 1.23. The Morgan fingerprint density at radius 3 is 2.21 bits per heavy atom. The van der Waals surface area contributed by atoms with Crippen LogP contribution in [0.2, 0.25) is 0 Å². The lowest BCUT2D eigenvalue weighted by Crippen LogP contribution is -2.35. The number of methoxy groups -OCH3 is 1. The van der Waals surface area contributed by atoms with Crippen molar-refractivity contribution in [3.05, 3.63) is 29.8 Å². The molecule has 0 aliphatic heterocycles. The normalized spacial score (nSPS) is 12.4. The summed E-state index contributed by atoms with van der Waals surface area (Å²) < 4.78 is 29.5. The molecule has 0 aliphatic rings. The van der Waals surface area contributed by atoms with Gasteiger partial charge in [-0.25, -0.2) is 8.42 Å². The van der Waals surface area contributed by atoms with Gasteiger partial charge in [0.1, 0.15) is 0 Å². The molecular formula is C17H28N2O4S. The van der Waals surface area contributed by atoms with Crippen molar-refractivity contribution < 1.29 is 17.9 Å². The summed E-state index contributed by atoms with van der Waals surface area (Å²) >= 11 is 0. The third-order valence-electron chi connectivity index (χ3n) is 3.64. The predicted molar refractivity (Wildman–Crippen MR) is 96.7 cm³/mol. The van der Waals surface area contributed by atoms with Crippen LogP contribution in [0.4, 0.5) is 5.69 Å². The molecule has 1 aromatic carbocycles. The number of carbonyl (C=O) groups excluding carboxylic acids is 1. The number of ether oxygens (including phenoxy) is 1. The molecule has 0 saturated carbocycles. The van der Waals surface area contributed by atoms with E-state index in [1.54, 1.807) is 0 Å². The standard InChI is InChI=1S/C17H28N2O4S/c1-17(2,3)14-6-8-15(9-7-14)18-16(20)10-11-19(12-13-23-4)24(5,21)22/h6-9H,10-13H2,1-5H3,(H,18,20). The lowest BCUT2D eigenvalue weighted by molar-refractivity contribution is -0.116. The number of benzene rings is 1. The van der Waals surface area contributed by atoms with Crippen LogP contribution in [0.25, 0.3) is 0 Å². The number of nitrogens with one attached hydrogen (secondary N) is 1. The Balaban J connectivity index is 2.59. The summed E-state index contributed by atoms with van der Waals surface area (Å²) in [4.78, 5) is 12.0. The summed E-state index contributed by atoms with van der Waals surface area (Å²) in [5.41, 5.74) is 1.94. The van der Waals surface area contributed by atoms with Gasteiger partial charge >= 0.3 is 0 Å². The second-order valence-corrected chi connectivity index (χ2v) is 8.76. The highest BCUT2D eigenvalue weighted by molar-refractivity contribution is 7.88. The Morgan fingerprint density at radius 1 is 1.17 bits per heavy atom. The van der Waals surface area contributed by atoms with Crippen molar-refractivity contribution in [1.82, 2.24) is 4.31 Å². The SMILES string of the molecule is COCCN(CCC(=O)Nc1ccc(C(C)(C)C)cc1)S(C)(=O)=O. The third-order valence-corrected chi connectivity index (χ3v) is 4.94. The maximum atomic E-state index is 12.0. The van der Waals surface area contributed by atoms with Gasteiger partial charge < -0.3 is 10.1 Å². The van der Waals surface area contributed by atoms with Crippen LogP contribution in [0.15, 0.2) is 24.3 Å². The zero-order valence-corrected chi connectivity index (χ0v) is 15.9. The molecule has 136 valence electrons. The van der Waals surface area contributed by atoms with Crippen molar-refractivity contribution in [2.75, 3.05) is 38.4 Å². The molecule has 0 aliphatic carbocycles. The van der Waals surface area contributed by atoms with E-state index in [1.165, 1.54) is 17.0 Å². The first kappa shape index (κ1) is 20.6. The molecule has 1 rings (SSSR count). The van der Waals surface area contributed by atoms with Crippen LogP contribution >= 0.6 is 0 Å². The lowest BCUT2D eigenvalue weighted by atomic mass is 9.87. The highest BCUT2D eigenvalue weighted by atomic mass is 32.2. The number of anilines is 1. The number of hydrogen-bond acceptors (Lipinski definition) is 4. The number of hydrogen-bond donors (Lipinski definition) is 1. The largest absolute Gasteiger partial charge is 0.383 e. The average Bonchev–Trinajstić information content (AvgIpc) is 2.45. The first-order chi connectivity index (χ1) is 11.0. The van der Waals surface area contributed by atoms with Gasteiger partial charge in [-0.3, -0.25) is 4.79 Å². The number of carbonyl (C=O) groups is 1. The Morgan fingerprint density at radius 2 is 1.75 bits per heavy atom. The molecule has 24 heavy (non-hydrogen) atoms. The molecule has 0 fully saturated rings. The Kier molecular flexibility index (Phi) is 7.38. The number of amides is 1. The van der Waals surface area contributed by atoms with Crippen molar-refractivity contribution in [2.24, 2.45) is 0 Å². The van der Waals surface area contributed by atoms with E-state index < -0.39 is 10.0 Å². The second-order valence-electron chi connectivity index (χ2n) is 6.78. The van der Waals surface area contributed by atoms with E-state index in [2.05, 4.69) is 26.1 Å². The molecule has 1 N–H and O–H groups in total. The Labute approximate surface area is 145 Å². The van der Waals surface area contributed by atoms with E-state index in [1.807, 2.05) is 24.3 Å². The minimum atomic E-state index is -3.35. The molecule has 1 amide bonds. The Bertz CT molecular complexity index is 634. The molecular weight excluding hydrogens is 328 g/mol. The van der Waals surface area contributed by atoms with Gasteiger partial charge in [0, 0.05) is 32.3 Å². The Hall–Kier alpha value is -1.44. The molecule has 0 saturated heterocycles. The number of sulfonamides is 1. The summed E-state index contributed by atoms with van der Waals surface area (Å²) in [5.74, 6) is -0.218. The molecule has 0 spiro atoms. The zero-order chi connectivity index (χ0) is 18.4. The van der Waals surface area contributed by atoms with E-state index in [4.69, 9.17) is 4.74 Å². The number of nitrogens with zero attached hydrogens (tertiary/aromatic N) is 1. The first-order valence-electron chi connectivity index (χ1n) is 7.88. The van der Waals surface area contributed by atoms with E-state index in [0.717, 1.165) is 6.26 Å². The van der Waals surface area contributed by atoms with E-state index in [0.29, 0.717) is 12.3 Å². The lowest BCUT2D eigenvalue weighted by Gasteiger charge is -2.20. The molecule has 0 radical (unpaired) electrons. The topological polar surface area (TPSA) is 75.7 Å². The fourth-order valence-electron chi connectivity index (χ4n) is 2.14. The first-order valence-corrected chi connectivity index (χ1v) is 9.73. The maximum Gasteiger partial charge on any atom is 0.225 e. The van der Waals surface area contributed by atoms with Crippen LogP contribution in [0.1, 0.15) is 32.8 Å². The monoisotopic (exact) mass is 356 g/mol. The fraction of sp³-hybridized carbons (Fsp3) is 0.588. The zero-order valence-electron chi connectivity index (χ0n) is 15.1. The van der Waals surface area contributed by atoms with E-state index >= 15 is 0 Å². The minimum Gasteiger partial charge on any atom is -0.383 e. The smallest absolute Gasteiger partial charge is 0.225 e. The minimum absolute atomic E-state index is 0.0554. The van der Waals surface area contributed by atoms with Crippen molar-refractivity contribution in [3.63, 3.8) is 0 Å². The maximum absolute atomic E-state index is 12.0. The van der Waals surface area contributed by atoms with Crippen LogP contribution in [0.3, 0.4) is 0 Å². The van der Waals surface area contributed by atoms with Gasteiger partial charge in [0.2, 0.25) is 15.9 Å². The van der Waals surface area contributed by atoms with Crippen molar-refractivity contribution in [2.45, 2.75) is 32.6 Å². The van der Waals surface area contributed by atoms with Crippen LogP contribution in [0, 0.1) is 0 Å². The summed E-state index contributed by atoms with van der Waals surface area (Å²) in [7, 11) is -1.85. The van der Waals surface area contributed by atoms with Crippen molar-refractivity contribution in [3.8, 4) is 0 Å². The number of rotatable bonds is 8. The van der Waals surface area contributed by atoms with E-state index in [9.17, 15) is 13.2 Å². The second kappa shape index (κ2) is 8.60. The molecule has 0 aromatic heterocycles. The van der Waals surface area contributed by atoms with Gasteiger partial charge in [-0.1, -0.05) is 32.9 Å². The summed E-state index contributed by atoms with van der Waals surface area (Å²) in [6.45, 7) is 7.04. The van der Waals surface area contributed by atoms with Gasteiger partial charge in [-0.2, -0.15) is 4.31 Å². The van der Waals surface area contributed by atoms with E-state index in [-0.39, 0.29) is 30.8 Å². The highest BCUT2D eigenvalue weighted by Gasteiger charge is 2.18. The van der Waals surface area contributed by atoms with Crippen LogP contribution in [-0.2, 0) is 25.0 Å². The predicted octanol–water partition coefficient (Wildman–Crippen LogP) is 2.22. The van der Waals surface area contributed by atoms with Gasteiger partial charge in [-0.15, -0.1) is 0 Å². The van der Waals surface area contributed by atoms with Gasteiger partial charge in [0.15, 0.2) is 0 Å². The van der Waals surface area contributed by atoms with Gasteiger partial charge in [-0.05, 0) is 23.1 Å². The molecule has 1 aromatic rings. The van der Waals surface area contributed by atoms with Crippen molar-refractivity contribution in [1.29, 1.82) is 0 Å². The average molecular weight is 356 g/mol. The molecule has 0 heterocycles. The van der Waals surface area contributed by atoms with Crippen LogP contribution < -0.4 is 5.32 Å². The fourth-order valence-corrected chi connectivity index (χ4v) is 2.97. The molecule has 0 bridgehead atoms. The van der Waals surface area contributed by atoms with Crippen LogP contribution in [-0.4, -0.2) is 51.7 Å².